The second kappa shape index (κ2) is 8.05. The lowest BCUT2D eigenvalue weighted by Crippen LogP contribution is -2.37. The molecule has 0 radical (unpaired) electrons. The van der Waals surface area contributed by atoms with E-state index in [1.807, 2.05) is 0 Å². The van der Waals surface area contributed by atoms with Gasteiger partial charge in [-0.1, -0.05) is 12.1 Å². The van der Waals surface area contributed by atoms with Crippen LogP contribution in [0.5, 0.6) is 0 Å². The second-order valence-corrected chi connectivity index (χ2v) is 6.25. The molecule has 0 N–H and O–H groups in total. The van der Waals surface area contributed by atoms with Crippen molar-refractivity contribution in [3.05, 3.63) is 75.6 Å². The van der Waals surface area contributed by atoms with Crippen molar-refractivity contribution in [2.45, 2.75) is 25.5 Å². The lowest BCUT2D eigenvalue weighted by atomic mass is 10.1. The van der Waals surface area contributed by atoms with Gasteiger partial charge in [0.05, 0.1) is 11.0 Å². The van der Waals surface area contributed by atoms with E-state index >= 15 is 0 Å². The molecule has 0 spiro atoms. The summed E-state index contributed by atoms with van der Waals surface area (Å²) < 4.78 is 18.8. The van der Waals surface area contributed by atoms with Crippen molar-refractivity contribution in [3.8, 4) is 0 Å². The van der Waals surface area contributed by atoms with E-state index in [0.717, 1.165) is 18.4 Å². The molecule has 1 amide bonds. The average molecular weight is 358 g/mol. The molecule has 0 saturated carbocycles. The number of nitro groups is 1. The van der Waals surface area contributed by atoms with Gasteiger partial charge in [-0.05, 0) is 42.7 Å². The number of ether oxygens (including phenoxy) is 1. The predicted molar refractivity (Wildman–Crippen MR) is 93.2 cm³/mol. The molecule has 1 aliphatic rings. The Morgan fingerprint density at radius 2 is 1.88 bits per heavy atom. The van der Waals surface area contributed by atoms with E-state index < -0.39 is 4.92 Å². The van der Waals surface area contributed by atoms with E-state index in [9.17, 15) is 19.3 Å². The molecule has 136 valence electrons. The number of carbonyl (C=O) groups is 1. The minimum atomic E-state index is -0.503. The standard InChI is InChI=1S/C19H19FN2O4/c20-16-7-3-14(4-8-16)12-21(13-18-2-1-11-26-18)19(23)15-5-9-17(10-6-15)22(24)25/h3-10,18H,1-2,11-13H2. The highest BCUT2D eigenvalue weighted by Crippen LogP contribution is 2.19. The molecular weight excluding hydrogens is 339 g/mol. The summed E-state index contributed by atoms with van der Waals surface area (Å²) in [5.41, 5.74) is 1.11. The fraction of sp³-hybridized carbons (Fsp3) is 0.316. The van der Waals surface area contributed by atoms with Gasteiger partial charge in [0.25, 0.3) is 11.6 Å². The molecule has 7 heteroatoms. The van der Waals surface area contributed by atoms with Crippen LogP contribution in [0.3, 0.4) is 0 Å². The number of nitro benzene ring substituents is 1. The van der Waals surface area contributed by atoms with Crippen LogP contribution in [0.1, 0.15) is 28.8 Å². The molecule has 1 saturated heterocycles. The predicted octanol–water partition coefficient (Wildman–Crippen LogP) is 3.56. The summed E-state index contributed by atoms with van der Waals surface area (Å²) in [7, 11) is 0. The molecule has 3 rings (SSSR count). The Morgan fingerprint density at radius 3 is 2.46 bits per heavy atom. The molecule has 0 bridgehead atoms. The number of non-ortho nitro benzene ring substituents is 1. The highest BCUT2D eigenvalue weighted by Gasteiger charge is 2.24. The molecule has 6 nitrogen and oxygen atoms in total. The van der Waals surface area contributed by atoms with Gasteiger partial charge >= 0.3 is 0 Å². The quantitative estimate of drug-likeness (QED) is 0.585. The number of rotatable bonds is 6. The molecule has 1 fully saturated rings. The summed E-state index contributed by atoms with van der Waals surface area (Å²) in [6, 6.07) is 11.5. The van der Waals surface area contributed by atoms with Crippen molar-refractivity contribution in [1.82, 2.24) is 4.90 Å². The zero-order valence-corrected chi connectivity index (χ0v) is 14.1. The first-order valence-electron chi connectivity index (χ1n) is 8.43. The fourth-order valence-corrected chi connectivity index (χ4v) is 2.97. The summed E-state index contributed by atoms with van der Waals surface area (Å²) in [6.07, 6.45) is 1.81. The summed E-state index contributed by atoms with van der Waals surface area (Å²) in [5.74, 6) is -0.569. The Bertz CT molecular complexity index is 771. The van der Waals surface area contributed by atoms with Crippen LogP contribution < -0.4 is 0 Å². The number of nitrogens with zero attached hydrogens (tertiary/aromatic N) is 2. The summed E-state index contributed by atoms with van der Waals surface area (Å²) in [5, 5.41) is 10.8. The lowest BCUT2D eigenvalue weighted by Gasteiger charge is -2.25. The fourth-order valence-electron chi connectivity index (χ4n) is 2.97. The number of hydrogen-bond acceptors (Lipinski definition) is 4. The SMILES string of the molecule is O=C(c1ccc([N+](=O)[O-])cc1)N(Cc1ccc(F)cc1)CC1CCCO1. The lowest BCUT2D eigenvalue weighted by molar-refractivity contribution is -0.384. The van der Waals surface area contributed by atoms with Crippen LogP contribution in [0.4, 0.5) is 10.1 Å². The van der Waals surface area contributed by atoms with Crippen molar-refractivity contribution in [3.63, 3.8) is 0 Å². The topological polar surface area (TPSA) is 72.7 Å². The van der Waals surface area contributed by atoms with Crippen LogP contribution in [-0.4, -0.2) is 35.0 Å². The third-order valence-electron chi connectivity index (χ3n) is 4.35. The molecular formula is C19H19FN2O4. The van der Waals surface area contributed by atoms with Crippen molar-refractivity contribution >= 4 is 11.6 Å². The molecule has 0 aromatic heterocycles. The van der Waals surface area contributed by atoms with E-state index in [2.05, 4.69) is 0 Å². The van der Waals surface area contributed by atoms with Gasteiger partial charge in [0, 0.05) is 37.4 Å². The average Bonchev–Trinajstić information content (AvgIpc) is 3.15. The number of carbonyl (C=O) groups excluding carboxylic acids is 1. The second-order valence-electron chi connectivity index (χ2n) is 6.25. The molecule has 1 atom stereocenters. The Kier molecular flexibility index (Phi) is 5.58. The van der Waals surface area contributed by atoms with E-state index in [0.29, 0.717) is 25.3 Å². The number of benzene rings is 2. The first-order chi connectivity index (χ1) is 12.5. The minimum Gasteiger partial charge on any atom is -0.376 e. The number of hydrogen-bond donors (Lipinski definition) is 0. The van der Waals surface area contributed by atoms with Gasteiger partial charge in [-0.15, -0.1) is 0 Å². The van der Waals surface area contributed by atoms with Crippen LogP contribution in [0.2, 0.25) is 0 Å². The zero-order chi connectivity index (χ0) is 18.5. The normalized spacial score (nSPS) is 16.4. The van der Waals surface area contributed by atoms with E-state index in [4.69, 9.17) is 4.74 Å². The maximum Gasteiger partial charge on any atom is 0.269 e. The third kappa shape index (κ3) is 4.43. The molecule has 1 heterocycles. The molecule has 2 aromatic rings. The summed E-state index contributed by atoms with van der Waals surface area (Å²) in [4.78, 5) is 24.8. The maximum atomic E-state index is 13.1. The largest absolute Gasteiger partial charge is 0.376 e. The van der Waals surface area contributed by atoms with Crippen LogP contribution in [0.25, 0.3) is 0 Å². The van der Waals surface area contributed by atoms with Crippen molar-refractivity contribution in [1.29, 1.82) is 0 Å². The van der Waals surface area contributed by atoms with Gasteiger partial charge in [0.2, 0.25) is 0 Å². The van der Waals surface area contributed by atoms with E-state index in [1.165, 1.54) is 36.4 Å². The number of halogens is 1. The summed E-state index contributed by atoms with van der Waals surface area (Å²) >= 11 is 0. The van der Waals surface area contributed by atoms with Gasteiger partial charge in [-0.3, -0.25) is 14.9 Å². The minimum absolute atomic E-state index is 0.0301. The van der Waals surface area contributed by atoms with E-state index in [1.54, 1.807) is 17.0 Å². The molecule has 0 aliphatic carbocycles. The van der Waals surface area contributed by atoms with Crippen LogP contribution >= 0.6 is 0 Å². The zero-order valence-electron chi connectivity index (χ0n) is 14.1. The third-order valence-corrected chi connectivity index (χ3v) is 4.35. The molecule has 1 unspecified atom stereocenters. The Morgan fingerprint density at radius 1 is 1.19 bits per heavy atom. The first kappa shape index (κ1) is 18.0. The van der Waals surface area contributed by atoms with Gasteiger partial charge in [0.15, 0.2) is 0 Å². The highest BCUT2D eigenvalue weighted by molar-refractivity contribution is 5.94. The molecule has 2 aromatic carbocycles. The van der Waals surface area contributed by atoms with Crippen molar-refractivity contribution in [2.24, 2.45) is 0 Å². The van der Waals surface area contributed by atoms with Crippen LogP contribution in [-0.2, 0) is 11.3 Å². The monoisotopic (exact) mass is 358 g/mol. The van der Waals surface area contributed by atoms with Crippen molar-refractivity contribution in [2.75, 3.05) is 13.2 Å². The van der Waals surface area contributed by atoms with Crippen LogP contribution in [0, 0.1) is 15.9 Å². The van der Waals surface area contributed by atoms with Gasteiger partial charge in [-0.25, -0.2) is 4.39 Å². The first-order valence-corrected chi connectivity index (χ1v) is 8.43. The van der Waals surface area contributed by atoms with Crippen molar-refractivity contribution < 1.29 is 18.8 Å². The highest BCUT2D eigenvalue weighted by atomic mass is 19.1. The maximum absolute atomic E-state index is 13.1. The Hall–Kier alpha value is -2.80. The van der Waals surface area contributed by atoms with Gasteiger partial charge in [-0.2, -0.15) is 0 Å². The summed E-state index contributed by atoms with van der Waals surface area (Å²) in [6.45, 7) is 1.42. The Balaban J connectivity index is 1.79. The Labute approximate surface area is 150 Å². The van der Waals surface area contributed by atoms with E-state index in [-0.39, 0.29) is 23.5 Å². The smallest absolute Gasteiger partial charge is 0.269 e. The van der Waals surface area contributed by atoms with Gasteiger partial charge < -0.3 is 9.64 Å². The van der Waals surface area contributed by atoms with Gasteiger partial charge in [0.1, 0.15) is 5.82 Å². The molecule has 26 heavy (non-hydrogen) atoms. The number of amides is 1. The van der Waals surface area contributed by atoms with Crippen LogP contribution in [0.15, 0.2) is 48.5 Å². The molecule has 1 aliphatic heterocycles.